The largest absolute Gasteiger partial charge is 0.388 e. The van der Waals surface area contributed by atoms with Crippen molar-refractivity contribution in [1.29, 1.82) is 0 Å². The van der Waals surface area contributed by atoms with E-state index in [0.717, 1.165) is 18.7 Å². The molecule has 5 heteroatoms. The van der Waals surface area contributed by atoms with Gasteiger partial charge in [0.2, 0.25) is 0 Å². The molecule has 1 unspecified atom stereocenters. The number of anilines is 1. The van der Waals surface area contributed by atoms with Gasteiger partial charge in [0, 0.05) is 25.3 Å². The monoisotopic (exact) mass is 333 g/mol. The Labute approximate surface area is 145 Å². The first kappa shape index (κ1) is 18.6. The molecule has 0 radical (unpaired) electrons. The number of nitrogens with one attached hydrogen (secondary N) is 2. The number of carbonyl (C=O) groups excluding carboxylic acids is 1. The zero-order valence-electron chi connectivity index (χ0n) is 15.1. The predicted molar refractivity (Wildman–Crippen MR) is 98.4 cm³/mol. The first-order valence-corrected chi connectivity index (χ1v) is 9.09. The van der Waals surface area contributed by atoms with Gasteiger partial charge in [0.25, 0.3) is 0 Å². The highest BCUT2D eigenvalue weighted by molar-refractivity contribution is 5.74. The fourth-order valence-corrected chi connectivity index (χ4v) is 3.04. The first-order chi connectivity index (χ1) is 11.5. The van der Waals surface area contributed by atoms with E-state index in [1.807, 2.05) is 32.9 Å². The van der Waals surface area contributed by atoms with Gasteiger partial charge in [0.15, 0.2) is 0 Å². The summed E-state index contributed by atoms with van der Waals surface area (Å²) in [6.07, 6.45) is 3.74. The quantitative estimate of drug-likeness (QED) is 0.718. The van der Waals surface area contributed by atoms with E-state index in [-0.39, 0.29) is 18.6 Å². The minimum Gasteiger partial charge on any atom is -0.388 e. The molecule has 2 rings (SSSR count). The van der Waals surface area contributed by atoms with Crippen molar-refractivity contribution in [3.05, 3.63) is 29.8 Å². The van der Waals surface area contributed by atoms with Crippen molar-refractivity contribution in [2.75, 3.05) is 24.5 Å². The summed E-state index contributed by atoms with van der Waals surface area (Å²) >= 11 is 0. The van der Waals surface area contributed by atoms with Crippen LogP contribution in [0.15, 0.2) is 24.3 Å². The molecule has 0 bridgehead atoms. The van der Waals surface area contributed by atoms with Gasteiger partial charge < -0.3 is 20.6 Å². The number of hydrogen-bond donors (Lipinski definition) is 3. The molecule has 1 aromatic carbocycles. The molecule has 1 fully saturated rings. The predicted octanol–water partition coefficient (Wildman–Crippen LogP) is 3.20. The number of benzene rings is 1. The second-order valence-electron chi connectivity index (χ2n) is 6.77. The molecule has 0 spiro atoms. The molecular weight excluding hydrogens is 302 g/mol. The summed E-state index contributed by atoms with van der Waals surface area (Å²) in [5, 5.41) is 16.0. The molecule has 0 saturated carbocycles. The summed E-state index contributed by atoms with van der Waals surface area (Å²) in [6.45, 7) is 8.32. The molecule has 0 aromatic heterocycles. The SMILES string of the molecule is CCC(O)(CC)CNC(=O)NC(C)c1cccc(N2CCCC2)c1. The van der Waals surface area contributed by atoms with Gasteiger partial charge in [-0.3, -0.25) is 0 Å². The number of urea groups is 1. The smallest absolute Gasteiger partial charge is 0.315 e. The zero-order valence-corrected chi connectivity index (χ0v) is 15.1. The third-order valence-electron chi connectivity index (χ3n) is 5.08. The molecule has 3 N–H and O–H groups in total. The molecule has 1 saturated heterocycles. The first-order valence-electron chi connectivity index (χ1n) is 9.09. The van der Waals surface area contributed by atoms with Crippen LogP contribution in [-0.4, -0.2) is 36.4 Å². The maximum Gasteiger partial charge on any atom is 0.315 e. The van der Waals surface area contributed by atoms with Gasteiger partial charge in [0.1, 0.15) is 0 Å². The lowest BCUT2D eigenvalue weighted by Gasteiger charge is -2.26. The van der Waals surface area contributed by atoms with Gasteiger partial charge in [-0.2, -0.15) is 0 Å². The molecule has 1 aliphatic rings. The fraction of sp³-hybridized carbons (Fsp3) is 0.632. The molecule has 24 heavy (non-hydrogen) atoms. The van der Waals surface area contributed by atoms with E-state index in [2.05, 4.69) is 27.7 Å². The molecule has 1 atom stereocenters. The number of rotatable bonds is 7. The summed E-state index contributed by atoms with van der Waals surface area (Å²) in [5.41, 5.74) is 1.50. The minimum absolute atomic E-state index is 0.0797. The van der Waals surface area contributed by atoms with Gasteiger partial charge in [0.05, 0.1) is 11.6 Å². The molecule has 1 heterocycles. The average molecular weight is 333 g/mol. The third kappa shape index (κ3) is 4.87. The van der Waals surface area contributed by atoms with Crippen LogP contribution in [0.3, 0.4) is 0 Å². The molecule has 0 aliphatic carbocycles. The van der Waals surface area contributed by atoms with Crippen LogP contribution in [0.25, 0.3) is 0 Å². The van der Waals surface area contributed by atoms with Gasteiger partial charge in [-0.05, 0) is 50.3 Å². The Bertz CT molecular complexity index is 537. The van der Waals surface area contributed by atoms with Crippen LogP contribution in [0.2, 0.25) is 0 Å². The van der Waals surface area contributed by atoms with Crippen molar-refractivity contribution >= 4 is 11.7 Å². The molecule has 134 valence electrons. The van der Waals surface area contributed by atoms with E-state index in [1.165, 1.54) is 18.5 Å². The summed E-state index contributed by atoms with van der Waals surface area (Å²) in [5.74, 6) is 0. The Kier molecular flexibility index (Phi) is 6.49. The molecular formula is C19H31N3O2. The van der Waals surface area contributed by atoms with Crippen LogP contribution in [0.4, 0.5) is 10.5 Å². The lowest BCUT2D eigenvalue weighted by atomic mass is 9.98. The van der Waals surface area contributed by atoms with E-state index < -0.39 is 5.60 Å². The normalized spacial score (nSPS) is 16.1. The third-order valence-corrected chi connectivity index (χ3v) is 5.08. The van der Waals surface area contributed by atoms with Crippen molar-refractivity contribution < 1.29 is 9.90 Å². The maximum atomic E-state index is 12.1. The number of nitrogens with zero attached hydrogens (tertiary/aromatic N) is 1. The molecule has 5 nitrogen and oxygen atoms in total. The number of hydrogen-bond acceptors (Lipinski definition) is 3. The molecule has 2 amide bonds. The fourth-order valence-electron chi connectivity index (χ4n) is 3.04. The summed E-state index contributed by atoms with van der Waals surface area (Å²) in [7, 11) is 0. The summed E-state index contributed by atoms with van der Waals surface area (Å²) in [4.78, 5) is 14.5. The van der Waals surface area contributed by atoms with Crippen molar-refractivity contribution in [3.8, 4) is 0 Å². The van der Waals surface area contributed by atoms with Crippen LogP contribution >= 0.6 is 0 Å². The van der Waals surface area contributed by atoms with Crippen LogP contribution in [0, 0.1) is 0 Å². The maximum absolute atomic E-state index is 12.1. The Morgan fingerprint density at radius 2 is 1.96 bits per heavy atom. The van der Waals surface area contributed by atoms with E-state index in [0.29, 0.717) is 12.8 Å². The molecule has 1 aliphatic heterocycles. The van der Waals surface area contributed by atoms with Crippen molar-refractivity contribution in [2.45, 2.75) is 58.1 Å². The number of carbonyl (C=O) groups is 1. The second kappa shape index (κ2) is 8.38. The Morgan fingerprint density at radius 3 is 2.58 bits per heavy atom. The van der Waals surface area contributed by atoms with Gasteiger partial charge in [-0.1, -0.05) is 26.0 Å². The Hall–Kier alpha value is -1.75. The Balaban J connectivity index is 1.90. The summed E-state index contributed by atoms with van der Waals surface area (Å²) < 4.78 is 0. The van der Waals surface area contributed by atoms with Crippen molar-refractivity contribution in [2.24, 2.45) is 0 Å². The number of amides is 2. The zero-order chi connectivity index (χ0) is 17.6. The van der Waals surface area contributed by atoms with Crippen LogP contribution in [-0.2, 0) is 0 Å². The summed E-state index contributed by atoms with van der Waals surface area (Å²) in [6, 6.07) is 8.05. The van der Waals surface area contributed by atoms with Crippen LogP contribution in [0.1, 0.15) is 58.1 Å². The Morgan fingerprint density at radius 1 is 1.29 bits per heavy atom. The van der Waals surface area contributed by atoms with Crippen LogP contribution < -0.4 is 15.5 Å². The van der Waals surface area contributed by atoms with Gasteiger partial charge in [-0.15, -0.1) is 0 Å². The van der Waals surface area contributed by atoms with Crippen molar-refractivity contribution in [3.63, 3.8) is 0 Å². The van der Waals surface area contributed by atoms with E-state index >= 15 is 0 Å². The van der Waals surface area contributed by atoms with E-state index in [1.54, 1.807) is 0 Å². The van der Waals surface area contributed by atoms with Gasteiger partial charge >= 0.3 is 6.03 Å². The number of aliphatic hydroxyl groups is 1. The van der Waals surface area contributed by atoms with E-state index in [9.17, 15) is 9.90 Å². The van der Waals surface area contributed by atoms with Gasteiger partial charge in [-0.25, -0.2) is 4.79 Å². The van der Waals surface area contributed by atoms with E-state index in [4.69, 9.17) is 0 Å². The minimum atomic E-state index is -0.823. The average Bonchev–Trinajstić information content (AvgIpc) is 3.14. The standard InChI is InChI=1S/C19H31N3O2/c1-4-19(24,5-2)14-20-18(23)21-15(3)16-9-8-10-17(13-16)22-11-6-7-12-22/h8-10,13,15,24H,4-7,11-12,14H2,1-3H3,(H2,20,21,23). The lowest BCUT2D eigenvalue weighted by Crippen LogP contribution is -2.46. The van der Waals surface area contributed by atoms with Crippen LogP contribution in [0.5, 0.6) is 0 Å². The lowest BCUT2D eigenvalue weighted by molar-refractivity contribution is 0.0349. The molecule has 1 aromatic rings. The second-order valence-corrected chi connectivity index (χ2v) is 6.77. The highest BCUT2D eigenvalue weighted by Gasteiger charge is 2.23. The highest BCUT2D eigenvalue weighted by Crippen LogP contribution is 2.24. The highest BCUT2D eigenvalue weighted by atomic mass is 16.3. The topological polar surface area (TPSA) is 64.6 Å². The van der Waals surface area contributed by atoms with Crippen molar-refractivity contribution in [1.82, 2.24) is 10.6 Å².